The van der Waals surface area contributed by atoms with Gasteiger partial charge in [0, 0.05) is 30.7 Å². The number of nitrogens with one attached hydrogen (secondary N) is 2. The van der Waals surface area contributed by atoms with Gasteiger partial charge < -0.3 is 25.1 Å². The van der Waals surface area contributed by atoms with Crippen molar-refractivity contribution in [2.45, 2.75) is 32.2 Å². The highest BCUT2D eigenvalue weighted by atomic mass is 16.5. The Hall–Kier alpha value is -1.43. The van der Waals surface area contributed by atoms with Gasteiger partial charge in [-0.1, -0.05) is 12.1 Å². The van der Waals surface area contributed by atoms with Crippen molar-refractivity contribution < 1.29 is 9.53 Å². The minimum absolute atomic E-state index is 0.0802. The Bertz CT molecular complexity index is 537. The Labute approximate surface area is 151 Å². The second-order valence-corrected chi connectivity index (χ2v) is 7.28. The second-order valence-electron chi connectivity index (χ2n) is 7.28. The molecule has 5 heteroatoms. The van der Waals surface area contributed by atoms with E-state index in [1.165, 1.54) is 17.5 Å². The molecule has 2 aliphatic rings. The molecule has 0 bridgehead atoms. The van der Waals surface area contributed by atoms with Crippen molar-refractivity contribution in [3.8, 4) is 0 Å². The van der Waals surface area contributed by atoms with Crippen molar-refractivity contribution in [3.63, 3.8) is 0 Å². The summed E-state index contributed by atoms with van der Waals surface area (Å²) in [5, 5.41) is 6.88. The van der Waals surface area contributed by atoms with Gasteiger partial charge in [0.05, 0.1) is 13.2 Å². The van der Waals surface area contributed by atoms with Crippen LogP contribution in [0.15, 0.2) is 24.3 Å². The summed E-state index contributed by atoms with van der Waals surface area (Å²) in [6.07, 6.45) is 5.23. The molecule has 2 heterocycles. The van der Waals surface area contributed by atoms with Crippen LogP contribution in [0.3, 0.4) is 0 Å². The van der Waals surface area contributed by atoms with Crippen molar-refractivity contribution in [1.82, 2.24) is 10.6 Å². The zero-order valence-corrected chi connectivity index (χ0v) is 15.1. The van der Waals surface area contributed by atoms with Crippen molar-refractivity contribution in [3.05, 3.63) is 29.8 Å². The molecule has 0 unspecified atom stereocenters. The van der Waals surface area contributed by atoms with Gasteiger partial charge in [-0.3, -0.25) is 0 Å². The van der Waals surface area contributed by atoms with Crippen molar-refractivity contribution >= 4 is 12.0 Å². The number of carbonyl (C=O) groups excluding carboxylic acids is 1. The summed E-state index contributed by atoms with van der Waals surface area (Å²) in [5.74, 6) is 0. The average Bonchev–Trinajstić information content (AvgIpc) is 2.69. The van der Waals surface area contributed by atoms with Crippen LogP contribution < -0.4 is 15.5 Å². The largest absolute Gasteiger partial charge is 0.378 e. The zero-order chi connectivity index (χ0) is 17.4. The number of carbonyl (C=O) groups is 1. The quantitative estimate of drug-likeness (QED) is 0.557. The van der Waals surface area contributed by atoms with E-state index in [0.29, 0.717) is 0 Å². The molecule has 2 N–H and O–H groups in total. The molecule has 0 aromatic heterocycles. The van der Waals surface area contributed by atoms with Crippen LogP contribution in [0, 0.1) is 5.41 Å². The number of piperidine rings is 1. The van der Waals surface area contributed by atoms with Gasteiger partial charge in [-0.05, 0) is 63.0 Å². The number of benzene rings is 1. The van der Waals surface area contributed by atoms with E-state index in [9.17, 15) is 4.79 Å². The average molecular weight is 345 g/mol. The summed E-state index contributed by atoms with van der Waals surface area (Å²) in [6, 6.07) is 8.77. The third-order valence-electron chi connectivity index (χ3n) is 5.49. The van der Waals surface area contributed by atoms with Crippen LogP contribution in [-0.2, 0) is 16.1 Å². The van der Waals surface area contributed by atoms with E-state index in [1.54, 1.807) is 0 Å². The molecule has 0 aliphatic carbocycles. The summed E-state index contributed by atoms with van der Waals surface area (Å²) < 4.78 is 5.43. The summed E-state index contributed by atoms with van der Waals surface area (Å²) in [5.41, 5.74) is 2.52. The number of ether oxygens (including phenoxy) is 1. The lowest BCUT2D eigenvalue weighted by Crippen LogP contribution is -2.38. The molecule has 0 radical (unpaired) electrons. The molecule has 5 nitrogen and oxygen atoms in total. The van der Waals surface area contributed by atoms with E-state index in [-0.39, 0.29) is 5.41 Å². The smallest absolute Gasteiger partial charge is 0.126 e. The maximum Gasteiger partial charge on any atom is 0.126 e. The summed E-state index contributed by atoms with van der Waals surface area (Å²) >= 11 is 0. The van der Waals surface area contributed by atoms with Crippen molar-refractivity contribution in [2.75, 3.05) is 50.8 Å². The Balaban J connectivity index is 1.40. The third-order valence-corrected chi connectivity index (χ3v) is 5.49. The van der Waals surface area contributed by atoms with Crippen LogP contribution in [0.25, 0.3) is 0 Å². The number of hydrogen-bond acceptors (Lipinski definition) is 5. The maximum atomic E-state index is 11.5. The molecule has 0 amide bonds. The number of morpholine rings is 1. The Morgan fingerprint density at radius 1 is 1.24 bits per heavy atom. The zero-order valence-electron chi connectivity index (χ0n) is 15.1. The van der Waals surface area contributed by atoms with Gasteiger partial charge >= 0.3 is 0 Å². The van der Waals surface area contributed by atoms with Crippen molar-refractivity contribution in [2.24, 2.45) is 5.41 Å². The minimum atomic E-state index is -0.0802. The predicted octanol–water partition coefficient (Wildman–Crippen LogP) is 1.96. The second kappa shape index (κ2) is 9.32. The SMILES string of the molecule is O=CC1(CCCNCc2cccc(N3CCOCC3)c2)CCNCC1. The van der Waals surface area contributed by atoms with E-state index >= 15 is 0 Å². The highest BCUT2D eigenvalue weighted by Crippen LogP contribution is 2.31. The van der Waals surface area contributed by atoms with Crippen LogP contribution >= 0.6 is 0 Å². The van der Waals surface area contributed by atoms with Gasteiger partial charge in [-0.25, -0.2) is 0 Å². The Morgan fingerprint density at radius 2 is 2.04 bits per heavy atom. The molecule has 1 aromatic carbocycles. The van der Waals surface area contributed by atoms with Crippen molar-refractivity contribution in [1.29, 1.82) is 0 Å². The maximum absolute atomic E-state index is 11.5. The molecule has 2 saturated heterocycles. The van der Waals surface area contributed by atoms with Gasteiger partial charge in [0.25, 0.3) is 0 Å². The highest BCUT2D eigenvalue weighted by Gasteiger charge is 2.30. The lowest BCUT2D eigenvalue weighted by Gasteiger charge is -2.32. The van der Waals surface area contributed by atoms with E-state index in [4.69, 9.17) is 4.74 Å². The molecule has 0 spiro atoms. The van der Waals surface area contributed by atoms with Crippen LogP contribution in [0.5, 0.6) is 0 Å². The fourth-order valence-electron chi connectivity index (χ4n) is 3.83. The molecule has 2 fully saturated rings. The lowest BCUT2D eigenvalue weighted by atomic mass is 9.77. The molecule has 2 aliphatic heterocycles. The molecule has 0 saturated carbocycles. The predicted molar refractivity (Wildman–Crippen MR) is 101 cm³/mol. The lowest BCUT2D eigenvalue weighted by molar-refractivity contribution is -0.118. The van der Waals surface area contributed by atoms with Crippen LogP contribution in [0.2, 0.25) is 0 Å². The van der Waals surface area contributed by atoms with Gasteiger partial charge in [-0.2, -0.15) is 0 Å². The first-order valence-electron chi connectivity index (χ1n) is 9.61. The minimum Gasteiger partial charge on any atom is -0.378 e. The fourth-order valence-corrected chi connectivity index (χ4v) is 3.83. The van der Waals surface area contributed by atoms with Crippen LogP contribution in [0.4, 0.5) is 5.69 Å². The van der Waals surface area contributed by atoms with E-state index in [2.05, 4.69) is 39.8 Å². The molecule has 25 heavy (non-hydrogen) atoms. The van der Waals surface area contributed by atoms with Crippen LogP contribution in [0.1, 0.15) is 31.2 Å². The Morgan fingerprint density at radius 3 is 2.80 bits per heavy atom. The topological polar surface area (TPSA) is 53.6 Å². The first-order valence-corrected chi connectivity index (χ1v) is 9.61. The molecule has 0 atom stereocenters. The van der Waals surface area contributed by atoms with Gasteiger partial charge in [0.2, 0.25) is 0 Å². The highest BCUT2D eigenvalue weighted by molar-refractivity contribution is 5.59. The monoisotopic (exact) mass is 345 g/mol. The summed E-state index contributed by atoms with van der Waals surface area (Å²) in [6.45, 7) is 7.37. The summed E-state index contributed by atoms with van der Waals surface area (Å²) in [4.78, 5) is 13.9. The molecule has 3 rings (SSSR count). The molecule has 138 valence electrons. The van der Waals surface area contributed by atoms with Crippen LogP contribution in [-0.4, -0.2) is 52.2 Å². The normalized spacial score (nSPS) is 20.4. The molecular weight excluding hydrogens is 314 g/mol. The van der Waals surface area contributed by atoms with E-state index in [1.807, 2.05) is 0 Å². The number of hydrogen-bond donors (Lipinski definition) is 2. The van der Waals surface area contributed by atoms with Gasteiger partial charge in [0.15, 0.2) is 0 Å². The van der Waals surface area contributed by atoms with E-state index in [0.717, 1.165) is 78.2 Å². The van der Waals surface area contributed by atoms with Gasteiger partial charge in [-0.15, -0.1) is 0 Å². The van der Waals surface area contributed by atoms with Gasteiger partial charge in [0.1, 0.15) is 6.29 Å². The first-order chi connectivity index (χ1) is 12.3. The standard InChI is InChI=1S/C20H31N3O2/c24-17-20(6-9-21-10-7-20)5-2-8-22-16-18-3-1-4-19(15-18)23-11-13-25-14-12-23/h1,3-4,15,17,21-22H,2,5-14,16H2. The van der Waals surface area contributed by atoms with E-state index < -0.39 is 0 Å². The molecular formula is C20H31N3O2. The number of anilines is 1. The third kappa shape index (κ3) is 5.27. The fraction of sp³-hybridized carbons (Fsp3) is 0.650. The summed E-state index contributed by atoms with van der Waals surface area (Å²) in [7, 11) is 0. The Kier molecular flexibility index (Phi) is 6.84. The molecule has 1 aromatic rings. The first kappa shape index (κ1) is 18.4. The number of aldehydes is 1. The number of nitrogens with zero attached hydrogens (tertiary/aromatic N) is 1. The number of rotatable bonds is 8.